The maximum Gasteiger partial charge on any atom is 0.455 e. The fourth-order valence-electron chi connectivity index (χ4n) is 1.86. The Balaban J connectivity index is 3.32. The predicted octanol–water partition coefficient (Wildman–Crippen LogP) is 1.74. The Bertz CT molecular complexity index is 586. The van der Waals surface area contributed by atoms with Crippen LogP contribution in [0.5, 0.6) is 5.75 Å². The average molecular weight is 345 g/mol. The highest BCUT2D eigenvalue weighted by Gasteiger charge is 2.71. The van der Waals surface area contributed by atoms with Gasteiger partial charge in [-0.05, 0) is 37.1 Å². The maximum absolute atomic E-state index is 13.7. The van der Waals surface area contributed by atoms with Gasteiger partial charge in [0.1, 0.15) is 12.4 Å². The first kappa shape index (κ1) is 19.1. The lowest BCUT2D eigenvalue weighted by atomic mass is 9.96. The molecule has 23 heavy (non-hydrogen) atoms. The number of aryl methyl sites for hydroxylation is 2. The Hall–Kier alpha value is -1.97. The summed E-state index contributed by atoms with van der Waals surface area (Å²) in [5, 5.41) is 18.9. The Labute approximate surface area is 126 Å². The number of ether oxygens (including phenoxy) is 1. The van der Waals surface area contributed by atoms with Crippen LogP contribution in [0, 0.1) is 13.8 Å². The summed E-state index contributed by atoms with van der Waals surface area (Å²) in [6.45, 7) is 1.37. The number of carboxylic acid groups (broad SMARTS) is 1. The standard InChI is InChI=1S/C13H12F6O4/c1-6-3-8(4-7(2)10(6)23-5-9(20)21)11(14,15)12(16,22)13(17,18)19/h3-4,22H,5H2,1-2H3,(H,20,21)/p-1. The molecular formula is C13H11F6O4-. The lowest BCUT2D eigenvalue weighted by Crippen LogP contribution is -2.53. The number of aliphatic carboxylic acids is 1. The van der Waals surface area contributed by atoms with Crippen molar-refractivity contribution in [1.29, 1.82) is 0 Å². The fraction of sp³-hybridized carbons (Fsp3) is 0.462. The Kier molecular flexibility index (Phi) is 4.90. The molecule has 1 aromatic rings. The summed E-state index contributed by atoms with van der Waals surface area (Å²) in [4.78, 5) is 10.3. The molecule has 0 spiro atoms. The number of carboxylic acids is 1. The number of hydrogen-bond acceptors (Lipinski definition) is 4. The highest BCUT2D eigenvalue weighted by molar-refractivity contribution is 5.66. The highest BCUT2D eigenvalue weighted by atomic mass is 19.4. The quantitative estimate of drug-likeness (QED) is 0.826. The van der Waals surface area contributed by atoms with Crippen molar-refractivity contribution < 1.29 is 46.1 Å². The molecule has 1 atom stereocenters. The van der Waals surface area contributed by atoms with E-state index in [-0.39, 0.29) is 16.9 Å². The number of halogens is 6. The number of aliphatic hydroxyl groups is 1. The minimum absolute atomic E-state index is 0.168. The van der Waals surface area contributed by atoms with E-state index < -0.39 is 36.1 Å². The second-order valence-corrected chi connectivity index (χ2v) is 4.79. The van der Waals surface area contributed by atoms with E-state index in [1.54, 1.807) is 0 Å². The minimum atomic E-state index is -6.22. The van der Waals surface area contributed by atoms with Crippen molar-refractivity contribution in [3.05, 3.63) is 28.8 Å². The molecule has 0 radical (unpaired) electrons. The van der Waals surface area contributed by atoms with Crippen molar-refractivity contribution in [2.75, 3.05) is 6.61 Å². The zero-order valence-electron chi connectivity index (χ0n) is 11.8. The van der Waals surface area contributed by atoms with Gasteiger partial charge in [-0.25, -0.2) is 0 Å². The summed E-state index contributed by atoms with van der Waals surface area (Å²) in [5.74, 6) is -12.8. The van der Waals surface area contributed by atoms with Gasteiger partial charge in [0.25, 0.3) is 0 Å². The van der Waals surface area contributed by atoms with Crippen LogP contribution < -0.4 is 9.84 Å². The molecule has 1 N–H and O–H groups in total. The molecule has 0 aliphatic rings. The molecule has 1 unspecified atom stereocenters. The number of carbonyl (C=O) groups is 1. The van der Waals surface area contributed by atoms with E-state index in [1.165, 1.54) is 0 Å². The van der Waals surface area contributed by atoms with Gasteiger partial charge in [-0.3, -0.25) is 0 Å². The largest absolute Gasteiger partial charge is 0.546 e. The van der Waals surface area contributed by atoms with Gasteiger partial charge >= 0.3 is 18.0 Å². The second-order valence-electron chi connectivity index (χ2n) is 4.79. The van der Waals surface area contributed by atoms with Gasteiger partial charge in [-0.1, -0.05) is 0 Å². The monoisotopic (exact) mass is 345 g/mol. The third-order valence-corrected chi connectivity index (χ3v) is 2.95. The zero-order chi connectivity index (χ0) is 18.2. The summed E-state index contributed by atoms with van der Waals surface area (Å²) in [6, 6.07) is 0.932. The molecule has 0 heterocycles. The number of rotatable bonds is 5. The molecule has 0 aliphatic carbocycles. The summed E-state index contributed by atoms with van der Waals surface area (Å²) < 4.78 is 82.4. The summed E-state index contributed by atoms with van der Waals surface area (Å²) in [5.41, 5.74) is -1.77. The number of benzene rings is 1. The number of alkyl halides is 6. The third kappa shape index (κ3) is 3.52. The lowest BCUT2D eigenvalue weighted by molar-refractivity contribution is -0.390. The molecule has 1 aromatic carbocycles. The molecule has 0 bridgehead atoms. The van der Waals surface area contributed by atoms with Gasteiger partial charge in [0.2, 0.25) is 0 Å². The van der Waals surface area contributed by atoms with Gasteiger partial charge in [0, 0.05) is 5.56 Å². The van der Waals surface area contributed by atoms with Crippen LogP contribution in [0.1, 0.15) is 16.7 Å². The number of carbonyl (C=O) groups excluding carboxylic acids is 1. The highest BCUT2D eigenvalue weighted by Crippen LogP contribution is 2.49. The van der Waals surface area contributed by atoms with Crippen molar-refractivity contribution in [3.63, 3.8) is 0 Å². The second kappa shape index (κ2) is 5.91. The van der Waals surface area contributed by atoms with Gasteiger partial charge in [-0.2, -0.15) is 26.3 Å². The van der Waals surface area contributed by atoms with Crippen LogP contribution in [0.25, 0.3) is 0 Å². The molecule has 0 fully saturated rings. The zero-order valence-corrected chi connectivity index (χ0v) is 11.8. The Morgan fingerprint density at radius 1 is 1.13 bits per heavy atom. The first-order chi connectivity index (χ1) is 10.2. The SMILES string of the molecule is Cc1cc(C(F)(F)C(O)(F)C(F)(F)F)cc(C)c1OCC(=O)[O-]. The smallest absolute Gasteiger partial charge is 0.455 e. The van der Waals surface area contributed by atoms with Crippen molar-refractivity contribution in [2.24, 2.45) is 0 Å². The molecule has 0 aliphatic heterocycles. The molecule has 130 valence electrons. The predicted molar refractivity (Wildman–Crippen MR) is 62.4 cm³/mol. The van der Waals surface area contributed by atoms with Crippen molar-refractivity contribution in [2.45, 2.75) is 31.8 Å². The van der Waals surface area contributed by atoms with E-state index in [0.717, 1.165) is 13.8 Å². The van der Waals surface area contributed by atoms with Gasteiger partial charge in [-0.15, -0.1) is 0 Å². The van der Waals surface area contributed by atoms with E-state index >= 15 is 0 Å². The van der Waals surface area contributed by atoms with Crippen LogP contribution >= 0.6 is 0 Å². The van der Waals surface area contributed by atoms with Crippen LogP contribution in [0.15, 0.2) is 12.1 Å². The molecule has 0 aromatic heterocycles. The summed E-state index contributed by atoms with van der Waals surface area (Å²) in [7, 11) is 0. The molecule has 0 amide bonds. The maximum atomic E-state index is 13.7. The van der Waals surface area contributed by atoms with E-state index in [4.69, 9.17) is 9.84 Å². The first-order valence-corrected chi connectivity index (χ1v) is 6.02. The van der Waals surface area contributed by atoms with Gasteiger partial charge in [0.15, 0.2) is 0 Å². The third-order valence-electron chi connectivity index (χ3n) is 2.95. The van der Waals surface area contributed by atoms with Crippen LogP contribution in [0.2, 0.25) is 0 Å². The first-order valence-electron chi connectivity index (χ1n) is 6.02. The summed E-state index contributed by atoms with van der Waals surface area (Å²) in [6.07, 6.45) is -6.22. The van der Waals surface area contributed by atoms with Gasteiger partial charge < -0.3 is 19.7 Å². The van der Waals surface area contributed by atoms with Gasteiger partial charge in [0.05, 0.1) is 5.97 Å². The lowest BCUT2D eigenvalue weighted by Gasteiger charge is -2.31. The van der Waals surface area contributed by atoms with E-state index in [0.29, 0.717) is 12.1 Å². The molecule has 0 saturated carbocycles. The van der Waals surface area contributed by atoms with Crippen LogP contribution in [0.3, 0.4) is 0 Å². The van der Waals surface area contributed by atoms with Crippen molar-refractivity contribution >= 4 is 5.97 Å². The number of hydrogen-bond donors (Lipinski definition) is 1. The average Bonchev–Trinajstić information content (AvgIpc) is 2.35. The van der Waals surface area contributed by atoms with Crippen molar-refractivity contribution in [1.82, 2.24) is 0 Å². The molecule has 0 saturated heterocycles. The Morgan fingerprint density at radius 2 is 1.57 bits per heavy atom. The molecule has 4 nitrogen and oxygen atoms in total. The van der Waals surface area contributed by atoms with Crippen molar-refractivity contribution in [3.8, 4) is 5.75 Å². The van der Waals surface area contributed by atoms with Crippen LogP contribution in [0.4, 0.5) is 26.3 Å². The summed E-state index contributed by atoms with van der Waals surface area (Å²) >= 11 is 0. The Morgan fingerprint density at radius 3 is 1.91 bits per heavy atom. The molecule has 1 rings (SSSR count). The van der Waals surface area contributed by atoms with E-state index in [1.807, 2.05) is 0 Å². The fourth-order valence-corrected chi connectivity index (χ4v) is 1.86. The minimum Gasteiger partial charge on any atom is -0.546 e. The van der Waals surface area contributed by atoms with E-state index in [2.05, 4.69) is 0 Å². The topological polar surface area (TPSA) is 69.6 Å². The molecule has 10 heteroatoms. The molecular weight excluding hydrogens is 334 g/mol. The van der Waals surface area contributed by atoms with E-state index in [9.17, 15) is 36.2 Å². The van der Waals surface area contributed by atoms with Crippen LogP contribution in [-0.2, 0) is 10.7 Å². The normalized spacial score (nSPS) is 15.2. The van der Waals surface area contributed by atoms with Crippen LogP contribution in [-0.4, -0.2) is 29.7 Å².